The van der Waals surface area contributed by atoms with Crippen LogP contribution in [-0.4, -0.2) is 63.3 Å². The van der Waals surface area contributed by atoms with Crippen molar-refractivity contribution < 1.29 is 24.2 Å². The van der Waals surface area contributed by atoms with Gasteiger partial charge in [-0.25, -0.2) is 14.6 Å². The summed E-state index contributed by atoms with van der Waals surface area (Å²) in [5.74, 6) is -1.92. The molecule has 0 radical (unpaired) electrons. The summed E-state index contributed by atoms with van der Waals surface area (Å²) in [7, 11) is 1.51. The molecule has 1 aromatic heterocycles. The number of amides is 2. The zero-order valence-corrected chi connectivity index (χ0v) is 31.8. The molecule has 0 saturated heterocycles. The number of likely N-dealkylation sites (N-methyl/N-ethyl adjacent to an activating group) is 1. The van der Waals surface area contributed by atoms with E-state index in [0.29, 0.717) is 5.69 Å². The van der Waals surface area contributed by atoms with Crippen molar-refractivity contribution in [1.82, 2.24) is 19.8 Å². The van der Waals surface area contributed by atoms with E-state index >= 15 is 0 Å². The van der Waals surface area contributed by atoms with E-state index in [1.807, 2.05) is 116 Å². The first kappa shape index (κ1) is 37.8. The fraction of sp³-hybridized carbons (Fsp3) is 0.234. The van der Waals surface area contributed by atoms with E-state index in [9.17, 15) is 19.5 Å². The number of imidazole rings is 1. The number of hydrogen-bond donors (Lipinski definition) is 2. The van der Waals surface area contributed by atoms with Crippen LogP contribution in [0.1, 0.15) is 59.7 Å². The van der Waals surface area contributed by atoms with Gasteiger partial charge in [-0.05, 0) is 51.3 Å². The van der Waals surface area contributed by atoms with Crippen LogP contribution in [0, 0.1) is 5.92 Å². The highest BCUT2D eigenvalue weighted by Crippen LogP contribution is 2.45. The van der Waals surface area contributed by atoms with Crippen molar-refractivity contribution >= 4 is 18.0 Å². The Bertz CT molecular complexity index is 2150. The van der Waals surface area contributed by atoms with Crippen LogP contribution in [0.3, 0.4) is 0 Å². The van der Waals surface area contributed by atoms with Crippen molar-refractivity contribution in [2.75, 3.05) is 13.7 Å². The molecule has 2 amide bonds. The van der Waals surface area contributed by atoms with Crippen molar-refractivity contribution in [3.8, 4) is 11.1 Å². The van der Waals surface area contributed by atoms with Crippen molar-refractivity contribution in [3.05, 3.63) is 186 Å². The lowest BCUT2D eigenvalue weighted by Crippen LogP contribution is -2.53. The maximum atomic E-state index is 14.2. The van der Waals surface area contributed by atoms with E-state index in [2.05, 4.69) is 53.8 Å². The van der Waals surface area contributed by atoms with E-state index in [1.165, 1.54) is 11.9 Å². The van der Waals surface area contributed by atoms with Crippen LogP contribution >= 0.6 is 0 Å². The molecule has 0 bridgehead atoms. The molecule has 1 aliphatic carbocycles. The maximum Gasteiger partial charge on any atom is 0.410 e. The van der Waals surface area contributed by atoms with Gasteiger partial charge in [0.05, 0.1) is 12.0 Å². The first-order chi connectivity index (χ1) is 27.2. The summed E-state index contributed by atoms with van der Waals surface area (Å²) in [5.41, 5.74) is 7.06. The van der Waals surface area contributed by atoms with E-state index in [-0.39, 0.29) is 31.3 Å². The average molecular weight is 747 g/mol. The normalized spacial score (nSPS) is 13.4. The Morgan fingerprint density at radius 3 is 1.73 bits per heavy atom. The Morgan fingerprint density at radius 1 is 0.768 bits per heavy atom. The molecule has 9 heteroatoms. The van der Waals surface area contributed by atoms with Gasteiger partial charge in [-0.3, -0.25) is 9.69 Å². The number of carbonyl (C=O) groups is 3. The van der Waals surface area contributed by atoms with Gasteiger partial charge in [0.2, 0.25) is 5.91 Å². The summed E-state index contributed by atoms with van der Waals surface area (Å²) in [5, 5.41) is 12.8. The first-order valence-electron chi connectivity index (χ1n) is 19.0. The highest BCUT2D eigenvalue weighted by Gasteiger charge is 2.39. The number of benzene rings is 5. The van der Waals surface area contributed by atoms with Crippen LogP contribution in [0.15, 0.2) is 152 Å². The molecule has 56 heavy (non-hydrogen) atoms. The number of nitrogens with one attached hydrogen (secondary N) is 1. The molecule has 2 atom stereocenters. The van der Waals surface area contributed by atoms with Gasteiger partial charge in [0.25, 0.3) is 0 Å². The number of rotatable bonds is 14. The predicted molar refractivity (Wildman–Crippen MR) is 216 cm³/mol. The van der Waals surface area contributed by atoms with Gasteiger partial charge in [-0.15, -0.1) is 0 Å². The van der Waals surface area contributed by atoms with Crippen LogP contribution < -0.4 is 5.32 Å². The van der Waals surface area contributed by atoms with E-state index in [1.54, 1.807) is 6.33 Å². The SMILES string of the molecule is CC(C)C[C@H](NC(=O)[C@H](Cc1cn(C(c2ccccc2)(c2ccccc2)c2ccccc2)cn1)N(C)C(=O)OCC1c2ccccc2-c2ccccc21)C(=O)O. The Hall–Kier alpha value is -6.48. The van der Waals surface area contributed by atoms with Crippen molar-refractivity contribution in [2.24, 2.45) is 5.92 Å². The molecule has 5 aromatic carbocycles. The number of ether oxygens (including phenoxy) is 1. The molecular formula is C47H46N4O5. The number of hydrogen-bond acceptors (Lipinski definition) is 5. The topological polar surface area (TPSA) is 114 Å². The van der Waals surface area contributed by atoms with Crippen molar-refractivity contribution in [2.45, 2.75) is 50.2 Å². The second kappa shape index (κ2) is 16.5. The quantitative estimate of drug-likeness (QED) is 0.109. The highest BCUT2D eigenvalue weighted by molar-refractivity contribution is 5.89. The lowest BCUT2D eigenvalue weighted by atomic mass is 9.77. The van der Waals surface area contributed by atoms with Gasteiger partial charge in [-0.1, -0.05) is 153 Å². The number of aromatic nitrogens is 2. The number of aliphatic carboxylic acids is 1. The van der Waals surface area contributed by atoms with Crippen molar-refractivity contribution in [1.29, 1.82) is 0 Å². The Kier molecular flexibility index (Phi) is 11.1. The highest BCUT2D eigenvalue weighted by atomic mass is 16.6. The fourth-order valence-electron chi connectivity index (χ4n) is 8.03. The minimum absolute atomic E-state index is 0.00198. The molecule has 0 saturated carbocycles. The first-order valence-corrected chi connectivity index (χ1v) is 19.0. The molecule has 6 aromatic rings. The zero-order valence-electron chi connectivity index (χ0n) is 31.8. The summed E-state index contributed by atoms with van der Waals surface area (Å²) < 4.78 is 8.03. The monoisotopic (exact) mass is 746 g/mol. The van der Waals surface area contributed by atoms with E-state index < -0.39 is 35.6 Å². The Morgan fingerprint density at radius 2 is 1.25 bits per heavy atom. The molecule has 0 fully saturated rings. The largest absolute Gasteiger partial charge is 0.480 e. The van der Waals surface area contributed by atoms with Gasteiger partial charge < -0.3 is 19.7 Å². The van der Waals surface area contributed by atoms with Gasteiger partial charge >= 0.3 is 12.1 Å². The zero-order chi connectivity index (χ0) is 39.2. The van der Waals surface area contributed by atoms with Crippen LogP contribution in [0.2, 0.25) is 0 Å². The van der Waals surface area contributed by atoms with Gasteiger partial charge in [0.1, 0.15) is 24.2 Å². The molecule has 2 N–H and O–H groups in total. The third-order valence-electron chi connectivity index (χ3n) is 10.7. The molecule has 284 valence electrons. The van der Waals surface area contributed by atoms with Gasteiger partial charge in [-0.2, -0.15) is 0 Å². The molecule has 1 aliphatic rings. The number of carboxylic acid groups (broad SMARTS) is 1. The third kappa shape index (κ3) is 7.45. The number of carbonyl (C=O) groups excluding carboxylic acids is 2. The van der Waals surface area contributed by atoms with Crippen LogP contribution in [-0.2, 0) is 26.3 Å². The summed E-state index contributed by atoms with van der Waals surface area (Å²) in [6, 6.07) is 44.4. The molecule has 0 aliphatic heterocycles. The van der Waals surface area contributed by atoms with Crippen LogP contribution in [0.25, 0.3) is 11.1 Å². The molecule has 0 spiro atoms. The number of fused-ring (bicyclic) bond motifs is 3. The Balaban J connectivity index is 1.22. The second-order valence-electron chi connectivity index (χ2n) is 14.7. The molecular weight excluding hydrogens is 701 g/mol. The molecule has 7 rings (SSSR count). The lowest BCUT2D eigenvalue weighted by molar-refractivity contribution is -0.143. The summed E-state index contributed by atoms with van der Waals surface area (Å²) in [6.07, 6.45) is 3.19. The van der Waals surface area contributed by atoms with E-state index in [4.69, 9.17) is 9.72 Å². The maximum absolute atomic E-state index is 14.2. The summed E-state index contributed by atoms with van der Waals surface area (Å²) >= 11 is 0. The lowest BCUT2D eigenvalue weighted by Gasteiger charge is -2.37. The summed E-state index contributed by atoms with van der Waals surface area (Å²) in [4.78, 5) is 46.5. The number of nitrogens with zero attached hydrogens (tertiary/aromatic N) is 3. The third-order valence-corrected chi connectivity index (χ3v) is 10.7. The second-order valence-corrected chi connectivity index (χ2v) is 14.7. The fourth-order valence-corrected chi connectivity index (χ4v) is 8.03. The minimum Gasteiger partial charge on any atom is -0.480 e. The minimum atomic E-state index is -1.14. The molecule has 9 nitrogen and oxygen atoms in total. The van der Waals surface area contributed by atoms with Crippen LogP contribution in [0.4, 0.5) is 4.79 Å². The smallest absolute Gasteiger partial charge is 0.410 e. The summed E-state index contributed by atoms with van der Waals surface area (Å²) in [6.45, 7) is 3.86. The standard InChI is InChI=1S/C47H46N4O5/c1-32(2)27-42(45(53)54)49-44(52)43(50(3)46(55)56-30-41-39-25-15-13-23-37(39)38-24-14-16-26-40(38)41)28-36-29-51(31-48-36)47(33-17-7-4-8-18-33,34-19-9-5-10-20-34)35-21-11-6-12-22-35/h4-26,29,31-32,41-43H,27-28,30H2,1-3H3,(H,49,52)(H,53,54)/t42-,43-/m0/s1. The predicted octanol–water partition coefficient (Wildman–Crippen LogP) is 8.13. The van der Waals surface area contributed by atoms with Crippen molar-refractivity contribution in [3.63, 3.8) is 0 Å². The average Bonchev–Trinajstić information content (AvgIpc) is 3.82. The Labute approximate surface area is 327 Å². The number of carboxylic acids is 1. The molecule has 1 heterocycles. The van der Waals surface area contributed by atoms with Gasteiger partial charge in [0, 0.05) is 25.6 Å². The molecule has 0 unspecified atom stereocenters. The van der Waals surface area contributed by atoms with Crippen LogP contribution in [0.5, 0.6) is 0 Å². The van der Waals surface area contributed by atoms with Gasteiger partial charge in [0.15, 0.2) is 0 Å². The van der Waals surface area contributed by atoms with E-state index in [0.717, 1.165) is 38.9 Å².